The van der Waals surface area contributed by atoms with Gasteiger partial charge < -0.3 is 10.1 Å². The molecule has 1 N–H and O–H groups in total. The van der Waals surface area contributed by atoms with Crippen LogP contribution in [0.25, 0.3) is 21.3 Å². The van der Waals surface area contributed by atoms with Gasteiger partial charge in [-0.05, 0) is 35.4 Å². The lowest BCUT2D eigenvalue weighted by Crippen LogP contribution is -2.31. The van der Waals surface area contributed by atoms with Gasteiger partial charge in [-0.25, -0.2) is 9.37 Å². The van der Waals surface area contributed by atoms with Crippen LogP contribution in [0, 0.1) is 5.82 Å². The van der Waals surface area contributed by atoms with E-state index >= 15 is 0 Å². The summed E-state index contributed by atoms with van der Waals surface area (Å²) in [6.07, 6.45) is 1.37. The number of rotatable bonds is 6. The van der Waals surface area contributed by atoms with Crippen molar-refractivity contribution in [1.29, 1.82) is 0 Å². The van der Waals surface area contributed by atoms with E-state index in [0.717, 1.165) is 16.7 Å². The number of methoxy groups -OCH3 is 1. The quantitative estimate of drug-likeness (QED) is 0.514. The van der Waals surface area contributed by atoms with Crippen LogP contribution in [0.1, 0.15) is 5.56 Å². The molecule has 2 aromatic carbocycles. The lowest BCUT2D eigenvalue weighted by atomic mass is 10.1. The fourth-order valence-corrected chi connectivity index (χ4v) is 4.06. The summed E-state index contributed by atoms with van der Waals surface area (Å²) in [5.41, 5.74) is 2.70. The largest absolute Gasteiger partial charge is 0.497 e. The molecule has 0 aliphatic rings. The highest BCUT2D eigenvalue weighted by atomic mass is 32.1. The first kappa shape index (κ1) is 19.8. The van der Waals surface area contributed by atoms with Crippen molar-refractivity contribution in [2.75, 3.05) is 7.11 Å². The number of halogens is 1. The Bertz CT molecular complexity index is 1260. The SMILES string of the molecule is COc1cccc(CNC(=O)Cn2cnc3c(-c4ccc(F)cc4)csc3c2=O)c1. The van der Waals surface area contributed by atoms with Gasteiger partial charge in [-0.15, -0.1) is 11.3 Å². The molecule has 0 aliphatic carbocycles. The number of aromatic nitrogens is 2. The average molecular weight is 423 g/mol. The number of carbonyl (C=O) groups excluding carboxylic acids is 1. The summed E-state index contributed by atoms with van der Waals surface area (Å²) in [4.78, 5) is 29.5. The zero-order valence-electron chi connectivity index (χ0n) is 16.1. The fraction of sp³-hybridized carbons (Fsp3) is 0.136. The van der Waals surface area contributed by atoms with Crippen LogP contribution in [0.2, 0.25) is 0 Å². The van der Waals surface area contributed by atoms with Crippen LogP contribution in [0.4, 0.5) is 4.39 Å². The third-order valence-corrected chi connectivity index (χ3v) is 5.60. The van der Waals surface area contributed by atoms with Crippen molar-refractivity contribution in [2.45, 2.75) is 13.1 Å². The standard InChI is InChI=1S/C22H18FN3O3S/c1-29-17-4-2-3-14(9-17)10-24-19(27)11-26-13-25-20-18(12-30-21(20)22(26)28)15-5-7-16(23)8-6-15/h2-9,12-13H,10-11H2,1H3,(H,24,27). The summed E-state index contributed by atoms with van der Waals surface area (Å²) in [5, 5.41) is 4.62. The van der Waals surface area contributed by atoms with Gasteiger partial charge in [0.05, 0.1) is 19.0 Å². The maximum absolute atomic E-state index is 13.2. The number of thiophene rings is 1. The first-order valence-electron chi connectivity index (χ1n) is 9.17. The second kappa shape index (κ2) is 8.46. The molecule has 0 saturated carbocycles. The summed E-state index contributed by atoms with van der Waals surface area (Å²) < 4.78 is 20.1. The van der Waals surface area contributed by atoms with Gasteiger partial charge >= 0.3 is 0 Å². The van der Waals surface area contributed by atoms with Crippen LogP contribution in [-0.2, 0) is 17.9 Å². The number of nitrogens with zero attached hydrogens (tertiary/aromatic N) is 2. The zero-order chi connectivity index (χ0) is 21.1. The predicted octanol–water partition coefficient (Wildman–Crippen LogP) is 3.59. The molecule has 0 bridgehead atoms. The molecule has 1 amide bonds. The minimum absolute atomic E-state index is 0.129. The number of hydrogen-bond donors (Lipinski definition) is 1. The fourth-order valence-electron chi connectivity index (χ4n) is 3.08. The minimum atomic E-state index is -0.325. The molecule has 2 aromatic heterocycles. The maximum Gasteiger partial charge on any atom is 0.271 e. The highest BCUT2D eigenvalue weighted by molar-refractivity contribution is 7.17. The van der Waals surface area contributed by atoms with Gasteiger partial charge in [-0.1, -0.05) is 24.3 Å². The number of carbonyl (C=O) groups is 1. The van der Waals surface area contributed by atoms with Gasteiger partial charge in [-0.3, -0.25) is 14.2 Å². The zero-order valence-corrected chi connectivity index (χ0v) is 16.9. The number of ether oxygens (including phenoxy) is 1. The topological polar surface area (TPSA) is 73.2 Å². The molecule has 6 nitrogen and oxygen atoms in total. The minimum Gasteiger partial charge on any atom is -0.497 e. The molecule has 2 heterocycles. The summed E-state index contributed by atoms with van der Waals surface area (Å²) in [6.45, 7) is 0.198. The van der Waals surface area contributed by atoms with Gasteiger partial charge in [0.25, 0.3) is 5.56 Å². The molecule has 0 fully saturated rings. The van der Waals surface area contributed by atoms with Crippen LogP contribution in [-0.4, -0.2) is 22.6 Å². The second-order valence-corrected chi connectivity index (χ2v) is 7.52. The van der Waals surface area contributed by atoms with E-state index in [2.05, 4.69) is 10.3 Å². The summed E-state index contributed by atoms with van der Waals surface area (Å²) in [6, 6.07) is 13.4. The molecule has 152 valence electrons. The van der Waals surface area contributed by atoms with E-state index in [1.165, 1.54) is 34.4 Å². The molecule has 0 spiro atoms. The van der Waals surface area contributed by atoms with Crippen LogP contribution in [0.3, 0.4) is 0 Å². The van der Waals surface area contributed by atoms with E-state index in [0.29, 0.717) is 22.5 Å². The molecule has 4 rings (SSSR count). The van der Waals surface area contributed by atoms with E-state index in [4.69, 9.17) is 4.74 Å². The van der Waals surface area contributed by atoms with Gasteiger partial charge in [0.1, 0.15) is 22.8 Å². The molecule has 0 unspecified atom stereocenters. The van der Waals surface area contributed by atoms with E-state index in [1.54, 1.807) is 19.2 Å². The molecule has 0 saturated heterocycles. The highest BCUT2D eigenvalue weighted by Crippen LogP contribution is 2.30. The van der Waals surface area contributed by atoms with Gasteiger partial charge in [0.2, 0.25) is 5.91 Å². The molecule has 8 heteroatoms. The average Bonchev–Trinajstić information content (AvgIpc) is 3.20. The Labute approximate surface area is 175 Å². The van der Waals surface area contributed by atoms with Crippen LogP contribution in [0.5, 0.6) is 5.75 Å². The molecule has 30 heavy (non-hydrogen) atoms. The second-order valence-electron chi connectivity index (χ2n) is 6.64. The number of nitrogens with one attached hydrogen (secondary N) is 1. The van der Waals surface area contributed by atoms with Crippen molar-refractivity contribution < 1.29 is 13.9 Å². The Balaban J connectivity index is 1.50. The maximum atomic E-state index is 13.2. The van der Waals surface area contributed by atoms with Crippen LogP contribution < -0.4 is 15.6 Å². The first-order valence-corrected chi connectivity index (χ1v) is 10.1. The van der Waals surface area contributed by atoms with Gasteiger partial charge in [0.15, 0.2) is 0 Å². The summed E-state index contributed by atoms with van der Waals surface area (Å²) in [5.74, 6) is 0.0900. The highest BCUT2D eigenvalue weighted by Gasteiger charge is 2.14. The Hall–Kier alpha value is -3.52. The van der Waals surface area contributed by atoms with E-state index in [-0.39, 0.29) is 23.8 Å². The molecule has 4 aromatic rings. The van der Waals surface area contributed by atoms with Crippen LogP contribution in [0.15, 0.2) is 65.0 Å². The lowest BCUT2D eigenvalue weighted by Gasteiger charge is -2.08. The van der Waals surface area contributed by atoms with Crippen molar-refractivity contribution in [3.8, 4) is 16.9 Å². The number of benzene rings is 2. The van der Waals surface area contributed by atoms with E-state index in [9.17, 15) is 14.0 Å². The monoisotopic (exact) mass is 423 g/mol. The molecule has 0 aliphatic heterocycles. The van der Waals surface area contributed by atoms with E-state index in [1.807, 2.05) is 29.6 Å². The Morgan fingerprint density at radius 1 is 1.23 bits per heavy atom. The van der Waals surface area contributed by atoms with Gasteiger partial charge in [0, 0.05) is 17.5 Å². The van der Waals surface area contributed by atoms with Crippen molar-refractivity contribution in [2.24, 2.45) is 0 Å². The van der Waals surface area contributed by atoms with Crippen molar-refractivity contribution in [3.05, 3.63) is 82.0 Å². The van der Waals surface area contributed by atoms with E-state index < -0.39 is 0 Å². The normalized spacial score (nSPS) is 10.9. The molecule has 0 atom stereocenters. The number of fused-ring (bicyclic) bond motifs is 1. The third kappa shape index (κ3) is 4.08. The first-order chi connectivity index (χ1) is 14.5. The third-order valence-electron chi connectivity index (χ3n) is 4.64. The van der Waals surface area contributed by atoms with Crippen molar-refractivity contribution in [3.63, 3.8) is 0 Å². The molecule has 0 radical (unpaired) electrons. The number of amides is 1. The van der Waals surface area contributed by atoms with Crippen LogP contribution >= 0.6 is 11.3 Å². The Morgan fingerprint density at radius 2 is 2.03 bits per heavy atom. The lowest BCUT2D eigenvalue weighted by molar-refractivity contribution is -0.121. The Kier molecular flexibility index (Phi) is 5.58. The smallest absolute Gasteiger partial charge is 0.271 e. The Morgan fingerprint density at radius 3 is 2.80 bits per heavy atom. The predicted molar refractivity (Wildman–Crippen MR) is 114 cm³/mol. The number of hydrogen-bond acceptors (Lipinski definition) is 5. The van der Waals surface area contributed by atoms with Crippen molar-refractivity contribution in [1.82, 2.24) is 14.9 Å². The summed E-state index contributed by atoms with van der Waals surface area (Å²) >= 11 is 1.26. The summed E-state index contributed by atoms with van der Waals surface area (Å²) in [7, 11) is 1.58. The van der Waals surface area contributed by atoms with Gasteiger partial charge in [-0.2, -0.15) is 0 Å². The van der Waals surface area contributed by atoms with Crippen molar-refractivity contribution >= 4 is 27.5 Å². The molecular formula is C22H18FN3O3S. The molecular weight excluding hydrogens is 405 g/mol.